The lowest BCUT2D eigenvalue weighted by Gasteiger charge is -2.26. The van der Waals surface area contributed by atoms with Crippen LogP contribution in [0.5, 0.6) is 5.75 Å². The average molecular weight is 306 g/mol. The molecule has 0 saturated carbocycles. The van der Waals surface area contributed by atoms with Gasteiger partial charge in [-0.2, -0.15) is 0 Å². The number of hydrogen-bond donors (Lipinski definition) is 2. The molecule has 1 fully saturated rings. The monoisotopic (exact) mass is 306 g/mol. The first-order valence-electron chi connectivity index (χ1n) is 7.89. The molecule has 1 heterocycles. The van der Waals surface area contributed by atoms with Crippen LogP contribution in [0, 0.1) is 12.8 Å². The summed E-state index contributed by atoms with van der Waals surface area (Å²) in [6.07, 6.45) is 1.81. The number of amides is 1. The number of rotatable bonds is 5. The Morgan fingerprint density at radius 2 is 2.05 bits per heavy atom. The zero-order valence-corrected chi connectivity index (χ0v) is 13.6. The van der Waals surface area contributed by atoms with Crippen LogP contribution in [0.2, 0.25) is 0 Å². The minimum absolute atomic E-state index is 0.126. The predicted molar refractivity (Wildman–Crippen MR) is 87.1 cm³/mol. The van der Waals surface area contributed by atoms with E-state index >= 15 is 0 Å². The third kappa shape index (κ3) is 4.45. The summed E-state index contributed by atoms with van der Waals surface area (Å²) in [6.45, 7) is 7.31. The summed E-state index contributed by atoms with van der Waals surface area (Å²) in [6, 6.07) is 5.15. The van der Waals surface area contributed by atoms with E-state index in [0.29, 0.717) is 13.2 Å². The van der Waals surface area contributed by atoms with Crippen LogP contribution in [0.15, 0.2) is 18.2 Å². The van der Waals surface area contributed by atoms with Crippen molar-refractivity contribution in [2.75, 3.05) is 18.5 Å². The van der Waals surface area contributed by atoms with Gasteiger partial charge in [0.15, 0.2) is 0 Å². The number of carbonyl (C=O) groups is 1. The summed E-state index contributed by atoms with van der Waals surface area (Å²) >= 11 is 0. The lowest BCUT2D eigenvalue weighted by molar-refractivity contribution is -0.119. The van der Waals surface area contributed by atoms with Gasteiger partial charge >= 0.3 is 0 Å². The lowest BCUT2D eigenvalue weighted by Crippen LogP contribution is -2.44. The molecule has 5 nitrogen and oxygen atoms in total. The van der Waals surface area contributed by atoms with Crippen molar-refractivity contribution in [3.8, 4) is 5.75 Å². The molecule has 3 N–H and O–H groups in total. The second-order valence-corrected chi connectivity index (χ2v) is 6.11. The zero-order chi connectivity index (χ0) is 16.1. The number of anilines is 1. The Labute approximate surface area is 132 Å². The maximum absolute atomic E-state index is 12.3. The third-order valence-corrected chi connectivity index (χ3v) is 3.88. The van der Waals surface area contributed by atoms with E-state index in [2.05, 4.69) is 5.32 Å². The van der Waals surface area contributed by atoms with Gasteiger partial charge in [0.1, 0.15) is 5.75 Å². The van der Waals surface area contributed by atoms with E-state index in [4.69, 9.17) is 15.2 Å². The Bertz CT molecular complexity index is 511. The highest BCUT2D eigenvalue weighted by Gasteiger charge is 2.26. The normalized spacial score (nSPS) is 17.3. The number of nitrogens with two attached hydrogens (primary N) is 1. The van der Waals surface area contributed by atoms with Gasteiger partial charge in [0.25, 0.3) is 0 Å². The molecule has 1 unspecified atom stereocenters. The number of ether oxygens (including phenoxy) is 2. The van der Waals surface area contributed by atoms with Gasteiger partial charge < -0.3 is 20.5 Å². The third-order valence-electron chi connectivity index (χ3n) is 3.88. The molecular weight excluding hydrogens is 280 g/mol. The Balaban J connectivity index is 1.97. The number of carbonyl (C=O) groups excluding carboxylic acids is 1. The van der Waals surface area contributed by atoms with Crippen LogP contribution in [-0.2, 0) is 9.53 Å². The molecule has 0 aromatic heterocycles. The highest BCUT2D eigenvalue weighted by atomic mass is 16.5. The van der Waals surface area contributed by atoms with Crippen LogP contribution in [0.1, 0.15) is 32.3 Å². The van der Waals surface area contributed by atoms with E-state index in [9.17, 15) is 4.79 Å². The van der Waals surface area contributed by atoms with Crippen molar-refractivity contribution in [1.29, 1.82) is 0 Å². The highest BCUT2D eigenvalue weighted by molar-refractivity contribution is 5.95. The van der Waals surface area contributed by atoms with Crippen LogP contribution in [0.25, 0.3) is 0 Å². The quantitative estimate of drug-likeness (QED) is 0.876. The standard InChI is InChI=1S/C17H26N2O3/c1-11(2)22-15-5-4-14(10-12(15)3)19-17(20)16(18)13-6-8-21-9-7-13/h4-5,10-11,13,16H,6-9,18H2,1-3H3,(H,19,20). The summed E-state index contributed by atoms with van der Waals surface area (Å²) < 4.78 is 11.0. The van der Waals surface area contributed by atoms with Crippen molar-refractivity contribution in [3.05, 3.63) is 23.8 Å². The van der Waals surface area contributed by atoms with Crippen LogP contribution in [0.4, 0.5) is 5.69 Å². The van der Waals surface area contributed by atoms with Gasteiger partial charge in [-0.25, -0.2) is 0 Å². The molecule has 2 rings (SSSR count). The molecule has 1 aliphatic heterocycles. The van der Waals surface area contributed by atoms with E-state index in [0.717, 1.165) is 29.8 Å². The molecular formula is C17H26N2O3. The fourth-order valence-electron chi connectivity index (χ4n) is 2.63. The van der Waals surface area contributed by atoms with Crippen molar-refractivity contribution in [3.63, 3.8) is 0 Å². The molecule has 1 amide bonds. The predicted octanol–water partition coefficient (Wildman–Crippen LogP) is 2.47. The van der Waals surface area contributed by atoms with Crippen LogP contribution in [-0.4, -0.2) is 31.3 Å². The second-order valence-electron chi connectivity index (χ2n) is 6.11. The maximum Gasteiger partial charge on any atom is 0.241 e. The van der Waals surface area contributed by atoms with Crippen molar-refractivity contribution in [2.45, 2.75) is 45.8 Å². The van der Waals surface area contributed by atoms with Crippen molar-refractivity contribution in [2.24, 2.45) is 11.7 Å². The van der Waals surface area contributed by atoms with Gasteiger partial charge in [0.05, 0.1) is 12.1 Å². The van der Waals surface area contributed by atoms with Gasteiger partial charge in [-0.15, -0.1) is 0 Å². The molecule has 22 heavy (non-hydrogen) atoms. The van der Waals surface area contributed by atoms with Gasteiger partial charge in [-0.1, -0.05) is 0 Å². The second kappa shape index (κ2) is 7.61. The Kier molecular flexibility index (Phi) is 5.80. The van der Waals surface area contributed by atoms with Gasteiger partial charge in [0, 0.05) is 18.9 Å². The molecule has 1 aliphatic rings. The van der Waals surface area contributed by atoms with E-state index < -0.39 is 6.04 Å². The van der Waals surface area contributed by atoms with E-state index in [1.54, 1.807) is 0 Å². The first-order chi connectivity index (χ1) is 10.5. The molecule has 5 heteroatoms. The van der Waals surface area contributed by atoms with Crippen LogP contribution < -0.4 is 15.8 Å². The summed E-state index contributed by atoms with van der Waals surface area (Å²) in [7, 11) is 0. The molecule has 1 aromatic carbocycles. The molecule has 0 bridgehead atoms. The van der Waals surface area contributed by atoms with Crippen LogP contribution in [0.3, 0.4) is 0 Å². The Morgan fingerprint density at radius 1 is 1.36 bits per heavy atom. The zero-order valence-electron chi connectivity index (χ0n) is 13.6. The smallest absolute Gasteiger partial charge is 0.241 e. The lowest BCUT2D eigenvalue weighted by atomic mass is 9.92. The number of hydrogen-bond acceptors (Lipinski definition) is 4. The molecule has 0 aliphatic carbocycles. The van der Waals surface area contributed by atoms with Gasteiger partial charge in [0.2, 0.25) is 5.91 Å². The number of aryl methyl sites for hydroxylation is 1. The summed E-state index contributed by atoms with van der Waals surface area (Å²) in [4.78, 5) is 12.3. The maximum atomic E-state index is 12.3. The molecule has 1 saturated heterocycles. The fraction of sp³-hybridized carbons (Fsp3) is 0.588. The first-order valence-corrected chi connectivity index (χ1v) is 7.89. The average Bonchev–Trinajstić information content (AvgIpc) is 2.49. The molecule has 1 atom stereocenters. The molecule has 0 spiro atoms. The summed E-state index contributed by atoms with van der Waals surface area (Å²) in [5, 5.41) is 2.90. The van der Waals surface area contributed by atoms with Crippen LogP contribution >= 0.6 is 0 Å². The Morgan fingerprint density at radius 3 is 2.64 bits per heavy atom. The largest absolute Gasteiger partial charge is 0.491 e. The summed E-state index contributed by atoms with van der Waals surface area (Å²) in [5.74, 6) is 0.893. The Hall–Kier alpha value is -1.59. The highest BCUT2D eigenvalue weighted by Crippen LogP contribution is 2.24. The minimum Gasteiger partial charge on any atom is -0.491 e. The molecule has 122 valence electrons. The minimum atomic E-state index is -0.490. The first kappa shape index (κ1) is 16.8. The number of benzene rings is 1. The molecule has 0 radical (unpaired) electrons. The SMILES string of the molecule is Cc1cc(NC(=O)C(N)C2CCOCC2)ccc1OC(C)C. The van der Waals surface area contributed by atoms with Gasteiger partial charge in [-0.05, 0) is 63.3 Å². The van der Waals surface area contributed by atoms with Crippen molar-refractivity contribution in [1.82, 2.24) is 0 Å². The molecule has 1 aromatic rings. The van der Waals surface area contributed by atoms with E-state index in [1.165, 1.54) is 0 Å². The fourth-order valence-corrected chi connectivity index (χ4v) is 2.63. The number of nitrogens with one attached hydrogen (secondary N) is 1. The summed E-state index contributed by atoms with van der Waals surface area (Å²) in [5.41, 5.74) is 7.82. The van der Waals surface area contributed by atoms with Crippen molar-refractivity contribution < 1.29 is 14.3 Å². The topological polar surface area (TPSA) is 73.6 Å². The van der Waals surface area contributed by atoms with E-state index in [-0.39, 0.29) is 17.9 Å². The van der Waals surface area contributed by atoms with E-state index in [1.807, 2.05) is 39.0 Å². The van der Waals surface area contributed by atoms with Gasteiger partial charge in [-0.3, -0.25) is 4.79 Å². The van der Waals surface area contributed by atoms with Crippen molar-refractivity contribution >= 4 is 11.6 Å².